The molecule has 8 nitrogen and oxygen atoms in total. The number of hydrogen-bond donors (Lipinski definition) is 1. The van der Waals surface area contributed by atoms with Gasteiger partial charge in [0.05, 0.1) is 31.8 Å². The minimum Gasteiger partial charge on any atom is -0.497 e. The minimum absolute atomic E-state index is 0.0418. The third kappa shape index (κ3) is 8.38. The van der Waals surface area contributed by atoms with Gasteiger partial charge in [-0.25, -0.2) is 13.2 Å². The molecule has 0 aliphatic heterocycles. The molecule has 37 heavy (non-hydrogen) atoms. The number of benzene rings is 3. The second kappa shape index (κ2) is 13.3. The van der Waals surface area contributed by atoms with Crippen molar-refractivity contribution in [2.75, 3.05) is 38.5 Å². The standard InChI is InChI=1S/C27H30ClNO7S/c1-4-35-27(30)26(29-21-15-22(33-2)17-23(16-21)37(3,31)32)24-11-10-20(28)14-25(24)36-13-12-34-18-19-8-6-5-7-9-19/h5-11,14-17,26,29H,4,12-13,18H2,1-3H3. The summed E-state index contributed by atoms with van der Waals surface area (Å²) in [5, 5.41) is 3.50. The number of ether oxygens (including phenoxy) is 4. The van der Waals surface area contributed by atoms with Gasteiger partial charge in [0.25, 0.3) is 0 Å². The Labute approximate surface area is 222 Å². The second-order valence-electron chi connectivity index (χ2n) is 8.07. The highest BCUT2D eigenvalue weighted by molar-refractivity contribution is 7.90. The van der Waals surface area contributed by atoms with Crippen LogP contribution in [0.5, 0.6) is 11.5 Å². The molecule has 3 aromatic rings. The van der Waals surface area contributed by atoms with E-state index in [4.69, 9.17) is 30.5 Å². The first kappa shape index (κ1) is 28.3. The number of carbonyl (C=O) groups is 1. The number of halogens is 1. The highest BCUT2D eigenvalue weighted by atomic mass is 35.5. The van der Waals surface area contributed by atoms with Crippen LogP contribution in [0.1, 0.15) is 24.1 Å². The molecule has 1 unspecified atom stereocenters. The average Bonchev–Trinajstić information content (AvgIpc) is 2.87. The molecule has 1 N–H and O–H groups in total. The highest BCUT2D eigenvalue weighted by Gasteiger charge is 2.26. The van der Waals surface area contributed by atoms with Gasteiger partial charge in [0.1, 0.15) is 18.1 Å². The molecule has 1 atom stereocenters. The van der Waals surface area contributed by atoms with Crippen LogP contribution in [0.25, 0.3) is 0 Å². The molecular formula is C27H30ClNO7S. The number of hydrogen-bond acceptors (Lipinski definition) is 8. The zero-order valence-electron chi connectivity index (χ0n) is 20.9. The summed E-state index contributed by atoms with van der Waals surface area (Å²) in [5.41, 5.74) is 1.86. The normalized spacial score (nSPS) is 12.0. The predicted octanol–water partition coefficient (Wildman–Crippen LogP) is 5.06. The molecular weight excluding hydrogens is 518 g/mol. The van der Waals surface area contributed by atoms with E-state index in [9.17, 15) is 13.2 Å². The maximum atomic E-state index is 13.0. The van der Waals surface area contributed by atoms with Gasteiger partial charge in [0.2, 0.25) is 0 Å². The molecule has 198 valence electrons. The van der Waals surface area contributed by atoms with Gasteiger partial charge in [-0.3, -0.25) is 0 Å². The van der Waals surface area contributed by atoms with Crippen molar-refractivity contribution in [1.29, 1.82) is 0 Å². The van der Waals surface area contributed by atoms with E-state index >= 15 is 0 Å². The Bertz CT molecular complexity index is 1300. The van der Waals surface area contributed by atoms with Crippen LogP contribution in [0.15, 0.2) is 71.6 Å². The van der Waals surface area contributed by atoms with Gasteiger partial charge >= 0.3 is 5.97 Å². The summed E-state index contributed by atoms with van der Waals surface area (Å²) in [6, 6.07) is 18.1. The van der Waals surface area contributed by atoms with E-state index < -0.39 is 21.8 Å². The molecule has 3 aromatic carbocycles. The van der Waals surface area contributed by atoms with Crippen LogP contribution in [-0.4, -0.2) is 47.6 Å². The Morgan fingerprint density at radius 2 is 1.78 bits per heavy atom. The van der Waals surface area contributed by atoms with Gasteiger partial charge in [-0.2, -0.15) is 0 Å². The van der Waals surface area contributed by atoms with E-state index in [1.165, 1.54) is 19.2 Å². The van der Waals surface area contributed by atoms with Crippen molar-refractivity contribution in [2.24, 2.45) is 0 Å². The van der Waals surface area contributed by atoms with Crippen molar-refractivity contribution in [3.8, 4) is 11.5 Å². The van der Waals surface area contributed by atoms with Crippen LogP contribution in [0.3, 0.4) is 0 Å². The fraction of sp³-hybridized carbons (Fsp3) is 0.296. The van der Waals surface area contributed by atoms with Crippen molar-refractivity contribution in [3.63, 3.8) is 0 Å². The Hall–Kier alpha value is -3.27. The van der Waals surface area contributed by atoms with Crippen molar-refractivity contribution >= 4 is 33.1 Å². The minimum atomic E-state index is -3.53. The fourth-order valence-electron chi connectivity index (χ4n) is 3.49. The van der Waals surface area contributed by atoms with Gasteiger partial charge in [-0.05, 0) is 36.8 Å². The molecule has 3 rings (SSSR count). The summed E-state index contributed by atoms with van der Waals surface area (Å²) in [4.78, 5) is 13.0. The van der Waals surface area contributed by atoms with Crippen LogP contribution in [-0.2, 0) is 30.7 Å². The van der Waals surface area contributed by atoms with Crippen LogP contribution < -0.4 is 14.8 Å². The van der Waals surface area contributed by atoms with Crippen molar-refractivity contribution in [3.05, 3.63) is 82.9 Å². The number of esters is 1. The molecule has 0 fully saturated rings. The Balaban J connectivity index is 1.83. The number of anilines is 1. The lowest BCUT2D eigenvalue weighted by molar-refractivity contribution is -0.144. The molecule has 0 saturated heterocycles. The molecule has 0 aliphatic rings. The van der Waals surface area contributed by atoms with E-state index in [-0.39, 0.29) is 18.1 Å². The Kier molecular flexibility index (Phi) is 10.2. The van der Waals surface area contributed by atoms with Gasteiger partial charge < -0.3 is 24.3 Å². The molecule has 0 heterocycles. The van der Waals surface area contributed by atoms with Crippen LogP contribution in [0.4, 0.5) is 5.69 Å². The molecule has 10 heteroatoms. The highest BCUT2D eigenvalue weighted by Crippen LogP contribution is 2.33. The summed E-state index contributed by atoms with van der Waals surface area (Å²) in [6.07, 6.45) is 1.10. The SMILES string of the molecule is CCOC(=O)C(Nc1cc(OC)cc(S(C)(=O)=O)c1)c1ccc(Cl)cc1OCCOCc1ccccc1. The number of sulfone groups is 1. The monoisotopic (exact) mass is 547 g/mol. The van der Waals surface area contributed by atoms with E-state index in [0.29, 0.717) is 41.0 Å². The first-order valence-electron chi connectivity index (χ1n) is 11.6. The van der Waals surface area contributed by atoms with Gasteiger partial charge in [0.15, 0.2) is 15.9 Å². The predicted molar refractivity (Wildman–Crippen MR) is 142 cm³/mol. The smallest absolute Gasteiger partial charge is 0.333 e. The summed E-state index contributed by atoms with van der Waals surface area (Å²) >= 11 is 6.22. The zero-order chi connectivity index (χ0) is 26.8. The summed E-state index contributed by atoms with van der Waals surface area (Å²) in [7, 11) is -2.10. The molecule has 0 bridgehead atoms. The number of nitrogens with one attached hydrogen (secondary N) is 1. The first-order valence-corrected chi connectivity index (χ1v) is 13.8. The lowest BCUT2D eigenvalue weighted by Gasteiger charge is -2.22. The Morgan fingerprint density at radius 1 is 1.03 bits per heavy atom. The van der Waals surface area contributed by atoms with Crippen molar-refractivity contribution < 1.29 is 32.2 Å². The zero-order valence-corrected chi connectivity index (χ0v) is 22.5. The third-order valence-corrected chi connectivity index (χ3v) is 6.59. The maximum absolute atomic E-state index is 13.0. The van der Waals surface area contributed by atoms with E-state index in [1.54, 1.807) is 31.2 Å². The molecule has 0 radical (unpaired) electrons. The third-order valence-electron chi connectivity index (χ3n) is 5.26. The van der Waals surface area contributed by atoms with Crippen molar-refractivity contribution in [2.45, 2.75) is 24.5 Å². The largest absolute Gasteiger partial charge is 0.497 e. The maximum Gasteiger partial charge on any atom is 0.333 e. The number of methoxy groups -OCH3 is 1. The lowest BCUT2D eigenvalue weighted by atomic mass is 10.0. The quantitative estimate of drug-likeness (QED) is 0.234. The molecule has 0 amide bonds. The summed E-state index contributed by atoms with van der Waals surface area (Å²) in [5.74, 6) is 0.113. The van der Waals surface area contributed by atoms with Gasteiger partial charge in [-0.15, -0.1) is 0 Å². The van der Waals surface area contributed by atoms with Crippen LogP contribution in [0.2, 0.25) is 5.02 Å². The van der Waals surface area contributed by atoms with Crippen LogP contribution in [0, 0.1) is 0 Å². The summed E-state index contributed by atoms with van der Waals surface area (Å²) < 4.78 is 46.5. The number of carbonyl (C=O) groups excluding carboxylic acids is 1. The lowest BCUT2D eigenvalue weighted by Crippen LogP contribution is -2.24. The fourth-order valence-corrected chi connectivity index (χ4v) is 4.32. The molecule has 0 aliphatic carbocycles. The summed E-state index contributed by atoms with van der Waals surface area (Å²) in [6.45, 7) is 2.82. The topological polar surface area (TPSA) is 100 Å². The van der Waals surface area contributed by atoms with Gasteiger partial charge in [0, 0.05) is 28.6 Å². The van der Waals surface area contributed by atoms with E-state index in [2.05, 4.69) is 5.32 Å². The first-order chi connectivity index (χ1) is 17.7. The van der Waals surface area contributed by atoms with E-state index in [1.807, 2.05) is 30.3 Å². The van der Waals surface area contributed by atoms with Gasteiger partial charge in [-0.1, -0.05) is 48.0 Å². The second-order valence-corrected chi connectivity index (χ2v) is 10.5. The Morgan fingerprint density at radius 3 is 2.46 bits per heavy atom. The number of rotatable bonds is 13. The van der Waals surface area contributed by atoms with Crippen molar-refractivity contribution in [1.82, 2.24) is 0 Å². The molecule has 0 saturated carbocycles. The van der Waals surface area contributed by atoms with Crippen LogP contribution >= 0.6 is 11.6 Å². The average molecular weight is 548 g/mol. The molecule has 0 spiro atoms. The molecule has 0 aromatic heterocycles. The van der Waals surface area contributed by atoms with E-state index in [0.717, 1.165) is 11.8 Å².